The zero-order chi connectivity index (χ0) is 25.2. The van der Waals surface area contributed by atoms with Crippen molar-refractivity contribution >= 4 is 15.5 Å². The zero-order valence-corrected chi connectivity index (χ0v) is 20.5. The quantitative estimate of drug-likeness (QED) is 0.402. The Balaban J connectivity index is 1.47. The lowest BCUT2D eigenvalue weighted by Crippen LogP contribution is -2.20. The molecule has 1 aliphatic heterocycles. The largest absolute Gasteiger partial charge is 0.482 e. The average Bonchev–Trinajstić information content (AvgIpc) is 3.33. The van der Waals surface area contributed by atoms with Crippen molar-refractivity contribution in [1.82, 2.24) is 10.1 Å². The summed E-state index contributed by atoms with van der Waals surface area (Å²) in [6.45, 7) is 5.90. The maximum absolute atomic E-state index is 14.2. The number of oxime groups is 1. The van der Waals surface area contributed by atoms with E-state index in [1.54, 1.807) is 18.2 Å². The number of sulfone groups is 1. The predicted octanol–water partition coefficient (Wildman–Crippen LogP) is 5.03. The van der Waals surface area contributed by atoms with Crippen molar-refractivity contribution in [3.63, 3.8) is 0 Å². The Labute approximate surface area is 202 Å². The van der Waals surface area contributed by atoms with Crippen LogP contribution in [0.5, 0.6) is 5.75 Å². The third-order valence-electron chi connectivity index (χ3n) is 5.21. The van der Waals surface area contributed by atoms with Gasteiger partial charge in [-0.15, -0.1) is 0 Å². The van der Waals surface area contributed by atoms with Gasteiger partial charge in [-0.3, -0.25) is 0 Å². The highest BCUT2D eigenvalue weighted by Crippen LogP contribution is 2.25. The summed E-state index contributed by atoms with van der Waals surface area (Å²) >= 11 is 0. The van der Waals surface area contributed by atoms with Gasteiger partial charge in [0.05, 0.1) is 0 Å². The molecule has 0 unspecified atom stereocenters. The maximum Gasteiger partial charge on any atom is 0.229 e. The average molecular weight is 498 g/mol. The highest BCUT2D eigenvalue weighted by atomic mass is 32.2. The second kappa shape index (κ2) is 9.85. The molecular formula is C25H24FN3O5S. The first-order valence-electron chi connectivity index (χ1n) is 11.0. The van der Waals surface area contributed by atoms with Crippen LogP contribution in [0.15, 0.2) is 74.6 Å². The number of halogens is 1. The van der Waals surface area contributed by atoms with E-state index in [2.05, 4.69) is 21.0 Å². The number of hydrogen-bond acceptors (Lipinski definition) is 8. The molecule has 0 spiro atoms. The first-order chi connectivity index (χ1) is 16.7. The van der Waals surface area contributed by atoms with Crippen LogP contribution < -0.4 is 4.74 Å². The maximum atomic E-state index is 14.2. The summed E-state index contributed by atoms with van der Waals surface area (Å²) in [6, 6.07) is 11.1. The van der Waals surface area contributed by atoms with E-state index < -0.39 is 21.8 Å². The molecule has 0 fully saturated rings. The van der Waals surface area contributed by atoms with Crippen molar-refractivity contribution in [2.45, 2.75) is 44.1 Å². The molecule has 35 heavy (non-hydrogen) atoms. The Morgan fingerprint density at radius 3 is 2.37 bits per heavy atom. The fourth-order valence-electron chi connectivity index (χ4n) is 3.30. The summed E-state index contributed by atoms with van der Waals surface area (Å²) in [6.07, 6.45) is 2.63. The number of benzene rings is 2. The standard InChI is InChI=1S/C25H24FN3O5S/c1-5-21(32-18-9-6-16(7-10-18)24-27-25(15(2)3)34-29-24)22-12-11-20(28-33-22)17-8-13-23(19(26)14-17)35(4,30)31/h6-11,13-15,21H,5H2,1-4H3/t21-/m1/s1. The first kappa shape index (κ1) is 24.4. The molecule has 0 bridgehead atoms. The molecule has 182 valence electrons. The molecule has 0 radical (unpaired) electrons. The smallest absolute Gasteiger partial charge is 0.229 e. The summed E-state index contributed by atoms with van der Waals surface area (Å²) in [7, 11) is -3.66. The van der Waals surface area contributed by atoms with Crippen molar-refractivity contribution in [1.29, 1.82) is 0 Å². The van der Waals surface area contributed by atoms with Crippen molar-refractivity contribution in [3.8, 4) is 17.1 Å². The van der Waals surface area contributed by atoms with Crippen LogP contribution in [0, 0.1) is 5.82 Å². The SMILES string of the molecule is CC[C@@H](Oc1ccc(-c2noc(C(C)C)n2)cc1)C1=C=CC(c2ccc(S(C)(=O)=O)c(F)c2)=NO1. The number of rotatable bonds is 8. The van der Waals surface area contributed by atoms with E-state index in [4.69, 9.17) is 14.1 Å². The van der Waals surface area contributed by atoms with Gasteiger partial charge < -0.3 is 14.1 Å². The van der Waals surface area contributed by atoms with Crippen LogP contribution in [0.4, 0.5) is 4.39 Å². The molecule has 8 nitrogen and oxygen atoms in total. The van der Waals surface area contributed by atoms with Gasteiger partial charge in [-0.2, -0.15) is 4.98 Å². The van der Waals surface area contributed by atoms with Crippen LogP contribution in [0.3, 0.4) is 0 Å². The van der Waals surface area contributed by atoms with Crippen molar-refractivity contribution in [2.75, 3.05) is 6.26 Å². The van der Waals surface area contributed by atoms with Gasteiger partial charge in [-0.1, -0.05) is 42.9 Å². The Hall–Kier alpha value is -3.75. The summed E-state index contributed by atoms with van der Waals surface area (Å²) in [5, 5.41) is 8.04. The van der Waals surface area contributed by atoms with E-state index in [0.29, 0.717) is 40.9 Å². The number of ether oxygens (including phenoxy) is 1. The third-order valence-corrected chi connectivity index (χ3v) is 6.34. The van der Waals surface area contributed by atoms with Gasteiger partial charge in [0, 0.05) is 29.4 Å². The van der Waals surface area contributed by atoms with Crippen LogP contribution in [0.1, 0.15) is 44.6 Å². The lowest BCUT2D eigenvalue weighted by Gasteiger charge is -2.19. The molecule has 0 saturated heterocycles. The van der Waals surface area contributed by atoms with Crippen molar-refractivity contribution < 1.29 is 26.9 Å². The van der Waals surface area contributed by atoms with E-state index in [9.17, 15) is 12.8 Å². The highest BCUT2D eigenvalue weighted by Gasteiger charge is 2.21. The molecule has 1 aliphatic rings. The number of hydrogen-bond donors (Lipinski definition) is 0. The lowest BCUT2D eigenvalue weighted by molar-refractivity contribution is 0.119. The molecule has 1 atom stereocenters. The summed E-state index contributed by atoms with van der Waals surface area (Å²) in [5.74, 6) is 1.36. The van der Waals surface area contributed by atoms with Gasteiger partial charge >= 0.3 is 0 Å². The highest BCUT2D eigenvalue weighted by molar-refractivity contribution is 7.90. The minimum atomic E-state index is -3.66. The van der Waals surface area contributed by atoms with E-state index in [1.807, 2.05) is 32.9 Å². The molecule has 0 saturated carbocycles. The number of aromatic nitrogens is 2. The Bertz CT molecular complexity index is 1440. The predicted molar refractivity (Wildman–Crippen MR) is 127 cm³/mol. The molecular weight excluding hydrogens is 473 g/mol. The Morgan fingerprint density at radius 2 is 1.83 bits per heavy atom. The normalized spacial score (nSPS) is 14.3. The van der Waals surface area contributed by atoms with Crippen LogP contribution in [0.25, 0.3) is 11.4 Å². The Morgan fingerprint density at radius 1 is 1.11 bits per heavy atom. The second-order valence-electron chi connectivity index (χ2n) is 8.29. The van der Waals surface area contributed by atoms with Crippen LogP contribution in [0.2, 0.25) is 0 Å². The first-order valence-corrected chi connectivity index (χ1v) is 12.9. The Kier molecular flexibility index (Phi) is 6.86. The van der Waals surface area contributed by atoms with Gasteiger partial charge in [0.15, 0.2) is 15.9 Å². The zero-order valence-electron chi connectivity index (χ0n) is 19.6. The fourth-order valence-corrected chi connectivity index (χ4v) is 4.02. The molecule has 2 heterocycles. The molecule has 4 rings (SSSR count). The second-order valence-corrected chi connectivity index (χ2v) is 10.3. The molecule has 0 amide bonds. The number of nitrogens with zero attached hydrogens (tertiary/aromatic N) is 3. The van der Waals surface area contributed by atoms with E-state index >= 15 is 0 Å². The van der Waals surface area contributed by atoms with Crippen LogP contribution in [-0.2, 0) is 14.7 Å². The van der Waals surface area contributed by atoms with Crippen LogP contribution >= 0.6 is 0 Å². The molecule has 0 aliphatic carbocycles. The van der Waals surface area contributed by atoms with Gasteiger partial charge in [-0.25, -0.2) is 12.8 Å². The molecule has 3 aromatic rings. The van der Waals surface area contributed by atoms with E-state index in [-0.39, 0.29) is 10.8 Å². The fraction of sp³-hybridized carbons (Fsp3) is 0.280. The monoisotopic (exact) mass is 497 g/mol. The summed E-state index contributed by atoms with van der Waals surface area (Å²) in [5.41, 5.74) is 4.48. The van der Waals surface area contributed by atoms with Crippen molar-refractivity contribution in [2.24, 2.45) is 5.16 Å². The minimum Gasteiger partial charge on any atom is -0.482 e. The topological polar surface area (TPSA) is 104 Å². The van der Waals surface area contributed by atoms with E-state index in [0.717, 1.165) is 17.9 Å². The van der Waals surface area contributed by atoms with Gasteiger partial charge in [0.1, 0.15) is 22.2 Å². The summed E-state index contributed by atoms with van der Waals surface area (Å²) < 4.78 is 48.8. The lowest BCUT2D eigenvalue weighted by atomic mass is 10.1. The summed E-state index contributed by atoms with van der Waals surface area (Å²) in [4.78, 5) is 9.51. The van der Waals surface area contributed by atoms with E-state index in [1.165, 1.54) is 12.1 Å². The third kappa shape index (κ3) is 5.50. The molecule has 0 N–H and O–H groups in total. The molecule has 1 aromatic heterocycles. The van der Waals surface area contributed by atoms with Crippen molar-refractivity contribution in [3.05, 3.63) is 77.3 Å². The molecule has 10 heteroatoms. The van der Waals surface area contributed by atoms with Gasteiger partial charge in [-0.05, 0) is 42.8 Å². The minimum absolute atomic E-state index is 0.148. The van der Waals surface area contributed by atoms with Gasteiger partial charge in [0.25, 0.3) is 0 Å². The molecule has 2 aromatic carbocycles. The van der Waals surface area contributed by atoms with Crippen LogP contribution in [-0.4, -0.2) is 36.6 Å². The van der Waals surface area contributed by atoms with Gasteiger partial charge in [0.2, 0.25) is 17.5 Å².